The molecule has 2 bridgehead atoms. The molecule has 2 aliphatic heterocycles. The average Bonchev–Trinajstić information content (AvgIpc) is 2.92. The molecule has 0 saturated carbocycles. The van der Waals surface area contributed by atoms with E-state index >= 15 is 0 Å². The summed E-state index contributed by atoms with van der Waals surface area (Å²) in [5, 5.41) is 11.0. The third-order valence-electron chi connectivity index (χ3n) is 6.47. The number of piperidine rings is 1. The number of nitrogens with one attached hydrogen (secondary N) is 2. The van der Waals surface area contributed by atoms with Gasteiger partial charge in [0.15, 0.2) is 0 Å². The fourth-order valence-electron chi connectivity index (χ4n) is 4.89. The molecule has 0 radical (unpaired) electrons. The molecular formula is C21H29N5O2. The van der Waals surface area contributed by atoms with Crippen LogP contribution in [0.1, 0.15) is 47.4 Å². The SMILES string of the molecule is Cc1nn(C)c(C)c1CCC(=O)NC[C@H]1[C@@H]2CNC[C@@H](C2)c2cccc(=O)n21. The lowest BCUT2D eigenvalue weighted by molar-refractivity contribution is -0.121. The number of pyridine rings is 1. The lowest BCUT2D eigenvalue weighted by Crippen LogP contribution is -2.50. The number of carbonyl (C=O) groups is 1. The van der Waals surface area contributed by atoms with E-state index in [0.29, 0.717) is 31.2 Å². The lowest BCUT2D eigenvalue weighted by atomic mass is 9.79. The van der Waals surface area contributed by atoms with Crippen molar-refractivity contribution in [3.63, 3.8) is 0 Å². The maximum Gasteiger partial charge on any atom is 0.251 e. The van der Waals surface area contributed by atoms with Crippen molar-refractivity contribution in [3.05, 3.63) is 51.2 Å². The van der Waals surface area contributed by atoms with E-state index in [1.54, 1.807) is 6.07 Å². The second-order valence-corrected chi connectivity index (χ2v) is 8.15. The largest absolute Gasteiger partial charge is 0.354 e. The highest BCUT2D eigenvalue weighted by Crippen LogP contribution is 2.38. The molecule has 2 aromatic heterocycles. The van der Waals surface area contributed by atoms with Gasteiger partial charge in [-0.1, -0.05) is 6.07 Å². The average molecular weight is 383 g/mol. The highest BCUT2D eigenvalue weighted by molar-refractivity contribution is 5.76. The van der Waals surface area contributed by atoms with Gasteiger partial charge >= 0.3 is 0 Å². The summed E-state index contributed by atoms with van der Waals surface area (Å²) in [6.45, 7) is 6.33. The van der Waals surface area contributed by atoms with E-state index in [2.05, 4.69) is 21.8 Å². The number of carbonyl (C=O) groups excluding carboxylic acids is 1. The number of aromatic nitrogens is 3. The molecule has 1 fully saturated rings. The maximum atomic E-state index is 12.6. The number of hydrogen-bond donors (Lipinski definition) is 2. The standard InChI is InChI=1S/C21H29N5O2/c1-13-17(14(2)25(3)24-13)7-8-20(27)23-12-19-16-9-15(10-22-11-16)18-5-4-6-21(28)26(18)19/h4-6,15-16,19,22H,7-12H2,1-3H3,(H,23,27)/t15-,16+,19+/m1/s1. The summed E-state index contributed by atoms with van der Waals surface area (Å²) in [5.74, 6) is 0.782. The monoisotopic (exact) mass is 383 g/mol. The molecule has 1 saturated heterocycles. The first kappa shape index (κ1) is 18.9. The molecule has 0 unspecified atom stereocenters. The third-order valence-corrected chi connectivity index (χ3v) is 6.47. The fraction of sp³-hybridized carbons (Fsp3) is 0.571. The molecule has 0 spiro atoms. The second-order valence-electron chi connectivity index (χ2n) is 8.15. The third kappa shape index (κ3) is 3.39. The van der Waals surface area contributed by atoms with Gasteiger partial charge in [0.2, 0.25) is 5.91 Å². The first-order valence-electron chi connectivity index (χ1n) is 10.1. The predicted octanol–water partition coefficient (Wildman–Crippen LogP) is 1.20. The van der Waals surface area contributed by atoms with Crippen LogP contribution in [0, 0.1) is 19.8 Å². The normalized spacial score (nSPS) is 23.3. The molecule has 7 heteroatoms. The summed E-state index contributed by atoms with van der Waals surface area (Å²) >= 11 is 0. The molecule has 2 N–H and O–H groups in total. The second kappa shape index (κ2) is 7.54. The van der Waals surface area contributed by atoms with Crippen LogP contribution in [0.4, 0.5) is 0 Å². The molecule has 0 aromatic carbocycles. The molecule has 4 rings (SSSR count). The Labute approximate surface area is 165 Å². The molecule has 3 atom stereocenters. The molecule has 28 heavy (non-hydrogen) atoms. The molecule has 1 amide bonds. The predicted molar refractivity (Wildman–Crippen MR) is 107 cm³/mol. The van der Waals surface area contributed by atoms with Crippen LogP contribution in [0.15, 0.2) is 23.0 Å². The van der Waals surface area contributed by atoms with Crippen molar-refractivity contribution >= 4 is 5.91 Å². The van der Waals surface area contributed by atoms with E-state index in [9.17, 15) is 9.59 Å². The molecule has 7 nitrogen and oxygen atoms in total. The first-order valence-corrected chi connectivity index (χ1v) is 10.1. The quantitative estimate of drug-likeness (QED) is 0.813. The molecule has 2 aliphatic rings. The van der Waals surface area contributed by atoms with E-state index in [1.165, 1.54) is 0 Å². The van der Waals surface area contributed by atoms with E-state index in [-0.39, 0.29) is 17.5 Å². The van der Waals surface area contributed by atoms with Gasteiger partial charge < -0.3 is 15.2 Å². The summed E-state index contributed by atoms with van der Waals surface area (Å²) in [5.41, 5.74) is 4.38. The zero-order valence-corrected chi connectivity index (χ0v) is 16.9. The number of hydrogen-bond acceptors (Lipinski definition) is 4. The number of nitrogens with zero attached hydrogens (tertiary/aromatic N) is 3. The summed E-state index contributed by atoms with van der Waals surface area (Å²) in [6.07, 6.45) is 2.19. The number of aryl methyl sites for hydroxylation is 2. The number of fused-ring (bicyclic) bond motifs is 4. The van der Waals surface area contributed by atoms with Crippen LogP contribution in [0.3, 0.4) is 0 Å². The van der Waals surface area contributed by atoms with Gasteiger partial charge in [-0.25, -0.2) is 0 Å². The first-order chi connectivity index (χ1) is 13.5. The highest BCUT2D eigenvalue weighted by Gasteiger charge is 2.37. The Hall–Kier alpha value is -2.41. The Kier molecular flexibility index (Phi) is 5.10. The Balaban J connectivity index is 1.44. The van der Waals surface area contributed by atoms with Crippen molar-refractivity contribution in [2.45, 2.75) is 45.1 Å². The van der Waals surface area contributed by atoms with Crippen molar-refractivity contribution in [2.75, 3.05) is 19.6 Å². The van der Waals surface area contributed by atoms with Gasteiger partial charge in [-0.15, -0.1) is 0 Å². The maximum absolute atomic E-state index is 12.6. The minimum Gasteiger partial charge on any atom is -0.354 e. The van der Waals surface area contributed by atoms with Crippen LogP contribution in [-0.2, 0) is 18.3 Å². The van der Waals surface area contributed by atoms with Crippen LogP contribution >= 0.6 is 0 Å². The minimum atomic E-state index is 0.0126. The van der Waals surface area contributed by atoms with Crippen LogP contribution in [0.25, 0.3) is 0 Å². The van der Waals surface area contributed by atoms with Crippen molar-refractivity contribution in [1.29, 1.82) is 0 Å². The lowest BCUT2D eigenvalue weighted by Gasteiger charge is -2.43. The Bertz CT molecular complexity index is 945. The van der Waals surface area contributed by atoms with Crippen molar-refractivity contribution in [2.24, 2.45) is 13.0 Å². The zero-order chi connectivity index (χ0) is 19.8. The molecule has 4 heterocycles. The Morgan fingerprint density at radius 3 is 2.89 bits per heavy atom. The Morgan fingerprint density at radius 2 is 2.14 bits per heavy atom. The van der Waals surface area contributed by atoms with Gasteiger partial charge in [0.05, 0.1) is 11.7 Å². The number of rotatable bonds is 5. The highest BCUT2D eigenvalue weighted by atomic mass is 16.1. The van der Waals surface area contributed by atoms with Gasteiger partial charge in [-0.05, 0) is 44.2 Å². The molecular weight excluding hydrogens is 354 g/mol. The van der Waals surface area contributed by atoms with Gasteiger partial charge in [0.1, 0.15) is 0 Å². The van der Waals surface area contributed by atoms with E-state index in [1.807, 2.05) is 36.2 Å². The summed E-state index contributed by atoms with van der Waals surface area (Å²) in [6, 6.07) is 5.54. The fourth-order valence-corrected chi connectivity index (χ4v) is 4.89. The molecule has 2 aromatic rings. The summed E-state index contributed by atoms with van der Waals surface area (Å²) in [7, 11) is 1.93. The topological polar surface area (TPSA) is 81.0 Å². The van der Waals surface area contributed by atoms with Gasteiger partial charge in [-0.2, -0.15) is 5.10 Å². The Morgan fingerprint density at radius 1 is 1.32 bits per heavy atom. The van der Waals surface area contributed by atoms with Gasteiger partial charge in [-0.3, -0.25) is 14.3 Å². The van der Waals surface area contributed by atoms with Crippen LogP contribution in [0.2, 0.25) is 0 Å². The smallest absolute Gasteiger partial charge is 0.251 e. The van der Waals surface area contributed by atoms with Gasteiger partial charge in [0, 0.05) is 56.5 Å². The van der Waals surface area contributed by atoms with Crippen molar-refractivity contribution in [3.8, 4) is 0 Å². The molecule has 0 aliphatic carbocycles. The van der Waals surface area contributed by atoms with E-state index in [0.717, 1.165) is 42.2 Å². The van der Waals surface area contributed by atoms with Crippen LogP contribution in [-0.4, -0.2) is 39.9 Å². The number of amides is 1. The van der Waals surface area contributed by atoms with E-state index < -0.39 is 0 Å². The van der Waals surface area contributed by atoms with Crippen molar-refractivity contribution < 1.29 is 4.79 Å². The van der Waals surface area contributed by atoms with Crippen LogP contribution < -0.4 is 16.2 Å². The zero-order valence-electron chi connectivity index (χ0n) is 16.9. The molecule has 150 valence electrons. The van der Waals surface area contributed by atoms with Gasteiger partial charge in [0.25, 0.3) is 5.56 Å². The summed E-state index contributed by atoms with van der Waals surface area (Å²) < 4.78 is 3.79. The van der Waals surface area contributed by atoms with Crippen molar-refractivity contribution in [1.82, 2.24) is 25.0 Å². The van der Waals surface area contributed by atoms with E-state index in [4.69, 9.17) is 0 Å². The van der Waals surface area contributed by atoms with Crippen LogP contribution in [0.5, 0.6) is 0 Å². The minimum absolute atomic E-state index is 0.0126. The summed E-state index contributed by atoms with van der Waals surface area (Å²) in [4.78, 5) is 25.1.